The number of rotatable bonds is 4. The van der Waals surface area contributed by atoms with E-state index in [9.17, 15) is 13.2 Å². The number of nitrogens with zero attached hydrogens (tertiary/aromatic N) is 4. The molecule has 0 aliphatic carbocycles. The summed E-state index contributed by atoms with van der Waals surface area (Å²) in [7, 11) is -0.902. The number of likely N-dealkylation sites (N-methyl/N-ethyl adjacent to an activating group) is 1. The molecular weight excluding hydrogens is 282 g/mol. The van der Waals surface area contributed by atoms with Gasteiger partial charge in [-0.1, -0.05) is 0 Å². The van der Waals surface area contributed by atoms with E-state index >= 15 is 0 Å². The van der Waals surface area contributed by atoms with Crippen LogP contribution in [0.1, 0.15) is 12.8 Å². The zero-order valence-corrected chi connectivity index (χ0v) is 12.4. The minimum atomic E-state index is -3.82. The summed E-state index contributed by atoms with van der Waals surface area (Å²) in [5.74, 6) is -0.248. The van der Waals surface area contributed by atoms with Gasteiger partial charge in [-0.3, -0.25) is 4.79 Å². The molecule has 1 aliphatic rings. The van der Waals surface area contributed by atoms with Crippen LogP contribution in [0.2, 0.25) is 0 Å². The molecule has 0 bridgehead atoms. The van der Waals surface area contributed by atoms with E-state index < -0.39 is 10.0 Å². The van der Waals surface area contributed by atoms with Crippen molar-refractivity contribution in [3.8, 4) is 0 Å². The summed E-state index contributed by atoms with van der Waals surface area (Å²) in [6.45, 7) is 1.20. The van der Waals surface area contributed by atoms with Crippen LogP contribution < -0.4 is 5.73 Å². The van der Waals surface area contributed by atoms with Gasteiger partial charge in [-0.2, -0.15) is 4.31 Å². The van der Waals surface area contributed by atoms with E-state index in [0.29, 0.717) is 13.1 Å². The van der Waals surface area contributed by atoms with Gasteiger partial charge in [0.1, 0.15) is 0 Å². The average molecular weight is 301 g/mol. The Hall–Kier alpha value is -1.61. The quantitative estimate of drug-likeness (QED) is 0.788. The number of carbonyl (C=O) groups is 1. The number of carbonyl (C=O) groups excluding carboxylic acids is 1. The van der Waals surface area contributed by atoms with E-state index in [4.69, 9.17) is 5.73 Å². The first kappa shape index (κ1) is 14.8. The van der Waals surface area contributed by atoms with E-state index in [-0.39, 0.29) is 23.3 Å². The van der Waals surface area contributed by atoms with E-state index in [1.165, 1.54) is 17.9 Å². The molecule has 1 aromatic rings. The molecule has 0 radical (unpaired) electrons. The maximum atomic E-state index is 12.4. The van der Waals surface area contributed by atoms with Crippen LogP contribution in [0.25, 0.3) is 0 Å². The number of imidazole rings is 1. The molecule has 20 heavy (non-hydrogen) atoms. The number of aromatic nitrogens is 2. The Labute approximate surface area is 118 Å². The molecule has 1 fully saturated rings. The maximum absolute atomic E-state index is 12.4. The van der Waals surface area contributed by atoms with Crippen LogP contribution in [0.3, 0.4) is 0 Å². The lowest BCUT2D eigenvalue weighted by molar-refractivity contribution is -0.130. The number of aryl methyl sites for hydroxylation is 1. The highest BCUT2D eigenvalue weighted by Gasteiger charge is 2.30. The van der Waals surface area contributed by atoms with Gasteiger partial charge >= 0.3 is 0 Å². The lowest BCUT2D eigenvalue weighted by atomic mass is 10.4. The van der Waals surface area contributed by atoms with Crippen molar-refractivity contribution in [3.05, 3.63) is 6.33 Å². The van der Waals surface area contributed by atoms with Gasteiger partial charge in [0, 0.05) is 27.2 Å². The monoisotopic (exact) mass is 301 g/mol. The Balaban J connectivity index is 2.15. The second-order valence-corrected chi connectivity index (χ2v) is 6.86. The number of sulfonamides is 1. The fourth-order valence-corrected chi connectivity index (χ4v) is 3.54. The van der Waals surface area contributed by atoms with Gasteiger partial charge in [0.15, 0.2) is 10.8 Å². The zero-order valence-electron chi connectivity index (χ0n) is 11.6. The molecule has 0 saturated carbocycles. The molecule has 112 valence electrons. The largest absolute Gasteiger partial charge is 0.381 e. The van der Waals surface area contributed by atoms with Crippen LogP contribution in [0.4, 0.5) is 5.82 Å². The summed E-state index contributed by atoms with van der Waals surface area (Å²) in [5.41, 5.74) is 5.59. The average Bonchev–Trinajstić information content (AvgIpc) is 2.99. The molecule has 1 saturated heterocycles. The summed E-state index contributed by atoms with van der Waals surface area (Å²) < 4.78 is 27.1. The molecule has 9 heteroatoms. The lowest BCUT2D eigenvalue weighted by Crippen LogP contribution is -2.40. The van der Waals surface area contributed by atoms with Crippen LogP contribution >= 0.6 is 0 Å². The molecule has 1 aromatic heterocycles. The number of amides is 1. The van der Waals surface area contributed by atoms with Gasteiger partial charge in [0.2, 0.25) is 5.91 Å². The second-order valence-electron chi connectivity index (χ2n) is 4.89. The molecule has 2 N–H and O–H groups in total. The predicted molar refractivity (Wildman–Crippen MR) is 73.3 cm³/mol. The third-order valence-corrected chi connectivity index (χ3v) is 5.32. The fourth-order valence-electron chi connectivity index (χ4n) is 2.24. The second kappa shape index (κ2) is 5.41. The Morgan fingerprint density at radius 2 is 2.05 bits per heavy atom. The SMILES string of the molecule is CN(CC(=O)N1CCCC1)S(=O)(=O)c1c(N)ncn1C. The van der Waals surface area contributed by atoms with Gasteiger partial charge in [0.25, 0.3) is 10.0 Å². The Kier molecular flexibility index (Phi) is 4.00. The van der Waals surface area contributed by atoms with Crippen LogP contribution in [0, 0.1) is 0 Å². The van der Waals surface area contributed by atoms with Crippen molar-refractivity contribution < 1.29 is 13.2 Å². The van der Waals surface area contributed by atoms with E-state index in [2.05, 4.69) is 4.98 Å². The van der Waals surface area contributed by atoms with Crippen molar-refractivity contribution in [1.29, 1.82) is 0 Å². The number of hydrogen-bond donors (Lipinski definition) is 1. The minimum Gasteiger partial charge on any atom is -0.381 e. The smallest absolute Gasteiger partial charge is 0.262 e. The lowest BCUT2D eigenvalue weighted by Gasteiger charge is -2.21. The first-order chi connectivity index (χ1) is 9.34. The van der Waals surface area contributed by atoms with Crippen molar-refractivity contribution in [2.24, 2.45) is 7.05 Å². The van der Waals surface area contributed by atoms with Gasteiger partial charge in [-0.15, -0.1) is 0 Å². The summed E-state index contributed by atoms with van der Waals surface area (Å²) in [6, 6.07) is 0. The molecule has 0 unspecified atom stereocenters. The third kappa shape index (κ3) is 2.63. The number of nitrogens with two attached hydrogens (primary N) is 1. The van der Waals surface area contributed by atoms with Crippen LogP contribution in [0.5, 0.6) is 0 Å². The van der Waals surface area contributed by atoms with Crippen molar-refractivity contribution in [2.45, 2.75) is 17.9 Å². The summed E-state index contributed by atoms with van der Waals surface area (Å²) in [4.78, 5) is 17.4. The molecule has 0 atom stereocenters. The van der Waals surface area contributed by atoms with E-state index in [1.807, 2.05) is 0 Å². The van der Waals surface area contributed by atoms with E-state index in [1.54, 1.807) is 11.9 Å². The van der Waals surface area contributed by atoms with Crippen molar-refractivity contribution >= 4 is 21.7 Å². The summed E-state index contributed by atoms with van der Waals surface area (Å²) in [5, 5.41) is -0.0887. The summed E-state index contributed by atoms with van der Waals surface area (Å²) in [6.07, 6.45) is 3.27. The van der Waals surface area contributed by atoms with Gasteiger partial charge in [0.05, 0.1) is 12.9 Å². The number of hydrogen-bond acceptors (Lipinski definition) is 5. The minimum absolute atomic E-state index is 0.0621. The van der Waals surface area contributed by atoms with Gasteiger partial charge in [-0.25, -0.2) is 13.4 Å². The highest BCUT2D eigenvalue weighted by Crippen LogP contribution is 2.19. The Morgan fingerprint density at radius 3 is 2.55 bits per heavy atom. The number of likely N-dealkylation sites (tertiary alicyclic amines) is 1. The van der Waals surface area contributed by atoms with Crippen LogP contribution in [-0.4, -0.2) is 59.8 Å². The van der Waals surface area contributed by atoms with Crippen LogP contribution in [0.15, 0.2) is 11.4 Å². The molecule has 0 spiro atoms. The Bertz CT molecular complexity index is 584. The first-order valence-corrected chi connectivity index (χ1v) is 7.79. The number of nitrogen functional groups attached to an aromatic ring is 1. The topological polar surface area (TPSA) is 102 Å². The van der Waals surface area contributed by atoms with Gasteiger partial charge < -0.3 is 15.2 Å². The van der Waals surface area contributed by atoms with Crippen LogP contribution in [-0.2, 0) is 21.9 Å². The van der Waals surface area contributed by atoms with Crippen molar-refractivity contribution in [2.75, 3.05) is 32.4 Å². The molecule has 0 aromatic carbocycles. The fraction of sp³-hybridized carbons (Fsp3) is 0.636. The normalized spacial score (nSPS) is 16.1. The zero-order chi connectivity index (χ0) is 14.9. The van der Waals surface area contributed by atoms with Gasteiger partial charge in [-0.05, 0) is 12.8 Å². The molecule has 8 nitrogen and oxygen atoms in total. The molecule has 2 heterocycles. The van der Waals surface area contributed by atoms with Crippen molar-refractivity contribution in [3.63, 3.8) is 0 Å². The first-order valence-electron chi connectivity index (χ1n) is 6.35. The van der Waals surface area contributed by atoms with Crippen molar-refractivity contribution in [1.82, 2.24) is 18.8 Å². The highest BCUT2D eigenvalue weighted by atomic mass is 32.2. The van der Waals surface area contributed by atoms with E-state index in [0.717, 1.165) is 17.1 Å². The molecule has 1 amide bonds. The molecule has 1 aliphatic heterocycles. The molecule has 2 rings (SSSR count). The number of anilines is 1. The maximum Gasteiger partial charge on any atom is 0.262 e. The standard InChI is InChI=1S/C11H19N5O3S/c1-14-8-13-10(12)11(14)20(18,19)15(2)7-9(17)16-5-3-4-6-16/h8H,3-7,12H2,1-2H3. The Morgan fingerprint density at radius 1 is 1.45 bits per heavy atom. The third-order valence-electron chi connectivity index (χ3n) is 3.38. The molecular formula is C11H19N5O3S. The highest BCUT2D eigenvalue weighted by molar-refractivity contribution is 7.89. The summed E-state index contributed by atoms with van der Waals surface area (Å²) >= 11 is 0. The predicted octanol–water partition coefficient (Wildman–Crippen LogP) is -0.755.